The molecule has 0 heterocycles. The third-order valence-electron chi connectivity index (χ3n) is 2.86. The number of benzene rings is 1. The Labute approximate surface area is 134 Å². The number of aliphatic hydroxyl groups excluding tert-OH is 1. The number of phenolic OH excluding ortho intramolecular Hbond substituents is 1. The number of hydrogen-bond acceptors (Lipinski definition) is 3. The highest BCUT2D eigenvalue weighted by molar-refractivity contribution is 14.1. The van der Waals surface area contributed by atoms with Gasteiger partial charge in [0.05, 0.1) is 21.3 Å². The van der Waals surface area contributed by atoms with Crippen LogP contribution in [0.5, 0.6) is 5.75 Å². The lowest BCUT2D eigenvalue weighted by atomic mass is 10.0. The van der Waals surface area contributed by atoms with Crippen molar-refractivity contribution < 1.29 is 15.0 Å². The van der Waals surface area contributed by atoms with Crippen molar-refractivity contribution in [3.63, 3.8) is 0 Å². The number of nitrogens with zero attached hydrogens (tertiary/aromatic N) is 1. The van der Waals surface area contributed by atoms with E-state index in [0.717, 1.165) is 3.57 Å². The van der Waals surface area contributed by atoms with Crippen molar-refractivity contribution in [1.29, 1.82) is 0 Å². The normalized spacial score (nSPS) is 11.4. The minimum absolute atomic E-state index is 0.0124. The molecular weight excluding hydrogens is 460 g/mol. The molecule has 0 aliphatic heterocycles. The fourth-order valence-electron chi connectivity index (χ4n) is 1.29. The van der Waals surface area contributed by atoms with E-state index in [1.807, 2.05) is 22.6 Å². The molecule has 1 aromatic rings. The highest BCUT2D eigenvalue weighted by atomic mass is 127. The molecule has 0 aromatic heterocycles. The summed E-state index contributed by atoms with van der Waals surface area (Å²) in [7, 11) is 1.62. The van der Waals surface area contributed by atoms with Gasteiger partial charge in [0.25, 0.3) is 5.91 Å². The maximum absolute atomic E-state index is 12.3. The predicted molar refractivity (Wildman–Crippen MR) is 86.8 cm³/mol. The molecule has 0 aliphatic rings. The Morgan fingerprint density at radius 2 is 1.94 bits per heavy atom. The van der Waals surface area contributed by atoms with Crippen molar-refractivity contribution in [2.45, 2.75) is 19.4 Å². The van der Waals surface area contributed by atoms with Gasteiger partial charge in [0.2, 0.25) is 0 Å². The second-order valence-electron chi connectivity index (χ2n) is 4.62. The Bertz CT molecular complexity index is 475. The highest BCUT2D eigenvalue weighted by Gasteiger charge is 2.29. The van der Waals surface area contributed by atoms with Crippen LogP contribution in [0.4, 0.5) is 0 Å². The van der Waals surface area contributed by atoms with Crippen LogP contribution in [0, 0.1) is 7.14 Å². The second kappa shape index (κ2) is 5.91. The van der Waals surface area contributed by atoms with Crippen molar-refractivity contribution >= 4 is 51.1 Å². The van der Waals surface area contributed by atoms with Crippen LogP contribution in [0.3, 0.4) is 0 Å². The lowest BCUT2D eigenvalue weighted by Gasteiger charge is -2.34. The number of phenols is 1. The molecule has 4 nitrogen and oxygen atoms in total. The molecule has 0 spiro atoms. The molecular formula is C12H15I2NO3. The Hall–Kier alpha value is -0.0900. The average molecular weight is 475 g/mol. The molecule has 0 aliphatic carbocycles. The van der Waals surface area contributed by atoms with Gasteiger partial charge in [-0.3, -0.25) is 4.79 Å². The molecule has 1 amide bonds. The van der Waals surface area contributed by atoms with Gasteiger partial charge in [0, 0.05) is 10.6 Å². The van der Waals surface area contributed by atoms with Crippen LogP contribution in [-0.4, -0.2) is 40.2 Å². The zero-order valence-corrected chi connectivity index (χ0v) is 14.7. The summed E-state index contributed by atoms with van der Waals surface area (Å²) in [5.41, 5.74) is -0.411. The summed E-state index contributed by atoms with van der Waals surface area (Å²) in [5.74, 6) is -0.315. The van der Waals surface area contributed by atoms with Crippen molar-refractivity contribution in [1.82, 2.24) is 4.90 Å². The first kappa shape index (κ1) is 16.0. The van der Waals surface area contributed by atoms with Crippen molar-refractivity contribution in [2.75, 3.05) is 13.7 Å². The van der Waals surface area contributed by atoms with Gasteiger partial charge in [-0.1, -0.05) is 0 Å². The number of amides is 1. The van der Waals surface area contributed by atoms with Gasteiger partial charge in [-0.15, -0.1) is 0 Å². The molecule has 6 heteroatoms. The van der Waals surface area contributed by atoms with Crippen LogP contribution in [0.2, 0.25) is 0 Å². The zero-order chi connectivity index (χ0) is 14.1. The number of carbonyl (C=O) groups excluding carboxylic acids is 1. The van der Waals surface area contributed by atoms with E-state index in [4.69, 9.17) is 0 Å². The highest BCUT2D eigenvalue weighted by Crippen LogP contribution is 2.29. The quantitative estimate of drug-likeness (QED) is 0.661. The van der Waals surface area contributed by atoms with E-state index in [-0.39, 0.29) is 23.8 Å². The van der Waals surface area contributed by atoms with E-state index in [1.165, 1.54) is 4.90 Å². The maximum Gasteiger partial charge on any atom is 0.257 e. The maximum atomic E-state index is 12.3. The fourth-order valence-corrected chi connectivity index (χ4v) is 3.14. The van der Waals surface area contributed by atoms with E-state index in [9.17, 15) is 15.0 Å². The monoisotopic (exact) mass is 475 g/mol. The molecule has 1 aromatic carbocycles. The average Bonchev–Trinajstić information content (AvgIpc) is 2.31. The van der Waals surface area contributed by atoms with E-state index >= 15 is 0 Å². The Balaban J connectivity index is 3.20. The topological polar surface area (TPSA) is 60.8 Å². The van der Waals surface area contributed by atoms with E-state index in [0.29, 0.717) is 3.57 Å². The lowest BCUT2D eigenvalue weighted by Crippen LogP contribution is -2.47. The fraction of sp³-hybridized carbons (Fsp3) is 0.417. The predicted octanol–water partition coefficient (Wildman–Crippen LogP) is 2.44. The molecule has 0 unspecified atom stereocenters. The van der Waals surface area contributed by atoms with Crippen molar-refractivity contribution in [2.24, 2.45) is 0 Å². The van der Waals surface area contributed by atoms with Crippen LogP contribution < -0.4 is 0 Å². The van der Waals surface area contributed by atoms with Crippen LogP contribution in [0.1, 0.15) is 24.2 Å². The van der Waals surface area contributed by atoms with Gasteiger partial charge in [-0.2, -0.15) is 0 Å². The molecule has 0 atom stereocenters. The molecule has 1 rings (SSSR count). The number of rotatable bonds is 3. The van der Waals surface area contributed by atoms with Gasteiger partial charge >= 0.3 is 0 Å². The number of likely N-dealkylation sites (N-methyl/N-ethyl adjacent to an activating group) is 1. The second-order valence-corrected chi connectivity index (χ2v) is 7.03. The largest absolute Gasteiger partial charge is 0.506 e. The van der Waals surface area contributed by atoms with Gasteiger partial charge < -0.3 is 15.1 Å². The summed E-state index contributed by atoms with van der Waals surface area (Å²) >= 11 is 4.09. The van der Waals surface area contributed by atoms with Crippen molar-refractivity contribution in [3.8, 4) is 5.75 Å². The molecule has 2 N–H and O–H groups in total. The summed E-state index contributed by atoms with van der Waals surface area (Å²) in [4.78, 5) is 13.8. The molecule has 0 bridgehead atoms. The standard InChI is InChI=1S/C12H15I2NO3/c1-12(2,6-16)15(3)11(18)8-4-7(13)5-9(14)10(8)17/h4-5,16-17H,6H2,1-3H3. The van der Waals surface area contributed by atoms with Gasteiger partial charge in [-0.25, -0.2) is 0 Å². The Morgan fingerprint density at radius 3 is 2.44 bits per heavy atom. The first-order valence-corrected chi connectivity index (χ1v) is 7.43. The number of carbonyl (C=O) groups is 1. The Kier molecular flexibility index (Phi) is 5.24. The summed E-state index contributed by atoms with van der Waals surface area (Å²) < 4.78 is 1.52. The molecule has 0 saturated heterocycles. The molecule has 0 fully saturated rings. The smallest absolute Gasteiger partial charge is 0.257 e. The minimum Gasteiger partial charge on any atom is -0.506 e. The lowest BCUT2D eigenvalue weighted by molar-refractivity contribution is 0.0470. The third-order valence-corrected chi connectivity index (χ3v) is 4.30. The third kappa shape index (κ3) is 3.27. The minimum atomic E-state index is -0.670. The number of hydrogen-bond donors (Lipinski definition) is 2. The summed E-state index contributed by atoms with van der Waals surface area (Å²) in [6.07, 6.45) is 0. The number of aromatic hydroxyl groups is 1. The molecule has 0 radical (unpaired) electrons. The summed E-state index contributed by atoms with van der Waals surface area (Å²) in [5, 5.41) is 19.2. The van der Waals surface area contributed by atoms with E-state index in [1.54, 1.807) is 33.0 Å². The van der Waals surface area contributed by atoms with Gasteiger partial charge in [0.1, 0.15) is 5.75 Å². The molecule has 0 saturated carbocycles. The first-order valence-electron chi connectivity index (χ1n) is 5.27. The zero-order valence-electron chi connectivity index (χ0n) is 10.4. The van der Waals surface area contributed by atoms with Crippen molar-refractivity contribution in [3.05, 3.63) is 24.8 Å². The van der Waals surface area contributed by atoms with Crippen LogP contribution in [0.25, 0.3) is 0 Å². The van der Waals surface area contributed by atoms with Gasteiger partial charge in [0.15, 0.2) is 0 Å². The van der Waals surface area contributed by atoms with Crippen LogP contribution in [0.15, 0.2) is 12.1 Å². The Morgan fingerprint density at radius 1 is 1.39 bits per heavy atom. The SMILES string of the molecule is CN(C(=O)c1cc(I)cc(I)c1O)C(C)(C)CO. The van der Waals surface area contributed by atoms with E-state index in [2.05, 4.69) is 22.6 Å². The van der Waals surface area contributed by atoms with Gasteiger partial charge in [-0.05, 0) is 71.2 Å². The molecule has 18 heavy (non-hydrogen) atoms. The summed E-state index contributed by atoms with van der Waals surface area (Å²) in [6, 6.07) is 3.44. The van der Waals surface area contributed by atoms with Crippen LogP contribution in [-0.2, 0) is 0 Å². The summed E-state index contributed by atoms with van der Waals surface area (Å²) in [6.45, 7) is 3.39. The molecule has 100 valence electrons. The number of halogens is 2. The van der Waals surface area contributed by atoms with E-state index < -0.39 is 5.54 Å². The first-order chi connectivity index (χ1) is 8.20. The number of aliphatic hydroxyl groups is 1. The van der Waals surface area contributed by atoms with Crippen LogP contribution >= 0.6 is 45.2 Å².